The Hall–Kier alpha value is -2.55. The SMILES string of the molecule is CCOC(=O)CC(C)=NC(C(=O)O)c1ccc(O)c(CSC(=N)N)c1. The minimum absolute atomic E-state index is 0.0196. The predicted molar refractivity (Wildman–Crippen MR) is 96.1 cm³/mol. The molecule has 9 heteroatoms. The van der Waals surface area contributed by atoms with E-state index in [1.165, 1.54) is 18.2 Å². The molecule has 0 aliphatic heterocycles. The molecule has 1 aromatic rings. The lowest BCUT2D eigenvalue weighted by molar-refractivity contribution is -0.142. The molecule has 0 saturated carbocycles. The highest BCUT2D eigenvalue weighted by Gasteiger charge is 2.21. The topological polar surface area (TPSA) is 146 Å². The zero-order valence-corrected chi connectivity index (χ0v) is 14.8. The molecule has 1 atom stereocenters. The maximum atomic E-state index is 11.6. The van der Waals surface area contributed by atoms with Crippen molar-refractivity contribution in [1.82, 2.24) is 0 Å². The molecular weight excluding hydrogens is 346 g/mol. The molecule has 1 rings (SSSR count). The van der Waals surface area contributed by atoms with Crippen molar-refractivity contribution in [2.45, 2.75) is 32.1 Å². The number of amidine groups is 1. The lowest BCUT2D eigenvalue weighted by atomic mass is 10.0. The van der Waals surface area contributed by atoms with Gasteiger partial charge in [0.1, 0.15) is 5.75 Å². The third-order valence-corrected chi connectivity index (χ3v) is 3.86. The molecular formula is C16H21N3O5S. The standard InChI is InChI=1S/C16H21N3O5S/c1-3-24-13(21)6-9(2)19-14(15(22)23)10-4-5-12(20)11(7-10)8-25-16(17)18/h4-5,7,14,20H,3,6,8H2,1-2H3,(H3,17,18)(H,22,23). The molecule has 0 bridgehead atoms. The first-order chi connectivity index (χ1) is 11.7. The summed E-state index contributed by atoms with van der Waals surface area (Å²) in [6.07, 6.45) is -0.0945. The zero-order chi connectivity index (χ0) is 19.0. The van der Waals surface area contributed by atoms with Crippen LogP contribution in [-0.2, 0) is 20.1 Å². The third-order valence-electron chi connectivity index (χ3n) is 3.09. The fraction of sp³-hybridized carbons (Fsp3) is 0.375. The number of carboxylic acid groups (broad SMARTS) is 1. The Morgan fingerprint density at radius 2 is 2.12 bits per heavy atom. The number of aromatic hydroxyl groups is 1. The third kappa shape index (κ3) is 6.84. The van der Waals surface area contributed by atoms with Crippen molar-refractivity contribution in [3.8, 4) is 5.75 Å². The number of rotatable bonds is 8. The minimum atomic E-state index is -1.21. The molecule has 136 valence electrons. The Morgan fingerprint density at radius 3 is 2.68 bits per heavy atom. The molecule has 5 N–H and O–H groups in total. The van der Waals surface area contributed by atoms with E-state index in [4.69, 9.17) is 15.9 Å². The van der Waals surface area contributed by atoms with Crippen molar-refractivity contribution < 1.29 is 24.5 Å². The molecule has 0 heterocycles. The summed E-state index contributed by atoms with van der Waals surface area (Å²) in [5.74, 6) is -1.45. The number of thioether (sulfide) groups is 1. The molecule has 0 aromatic heterocycles. The highest BCUT2D eigenvalue weighted by Crippen LogP contribution is 2.28. The van der Waals surface area contributed by atoms with Gasteiger partial charge in [-0.1, -0.05) is 17.8 Å². The number of phenolic OH excluding ortho intramolecular Hbond substituents is 1. The zero-order valence-electron chi connectivity index (χ0n) is 14.0. The average molecular weight is 367 g/mol. The quantitative estimate of drug-likeness (QED) is 0.312. The molecule has 1 aromatic carbocycles. The van der Waals surface area contributed by atoms with Crippen molar-refractivity contribution in [2.24, 2.45) is 10.7 Å². The molecule has 0 saturated heterocycles. The van der Waals surface area contributed by atoms with Crippen molar-refractivity contribution in [3.63, 3.8) is 0 Å². The summed E-state index contributed by atoms with van der Waals surface area (Å²) >= 11 is 1.01. The predicted octanol–water partition coefficient (Wildman–Crippen LogP) is 2.06. The van der Waals surface area contributed by atoms with E-state index >= 15 is 0 Å². The van der Waals surface area contributed by atoms with Crippen LogP contribution in [0.1, 0.15) is 37.4 Å². The number of carboxylic acids is 1. The number of hydrogen-bond acceptors (Lipinski definition) is 7. The second kappa shape index (κ2) is 9.67. The van der Waals surface area contributed by atoms with Gasteiger partial charge in [-0.15, -0.1) is 0 Å². The Balaban J connectivity index is 3.06. The highest BCUT2D eigenvalue weighted by molar-refractivity contribution is 8.13. The van der Waals surface area contributed by atoms with Crippen LogP contribution in [0.5, 0.6) is 5.75 Å². The number of aliphatic carboxylic acids is 1. The van der Waals surface area contributed by atoms with Gasteiger partial charge in [0.15, 0.2) is 11.2 Å². The summed E-state index contributed by atoms with van der Waals surface area (Å²) in [7, 11) is 0. The van der Waals surface area contributed by atoms with Gasteiger partial charge < -0.3 is 20.7 Å². The van der Waals surface area contributed by atoms with Crippen LogP contribution in [0.25, 0.3) is 0 Å². The lowest BCUT2D eigenvalue weighted by Gasteiger charge is -2.12. The summed E-state index contributed by atoms with van der Waals surface area (Å²) in [6.45, 7) is 3.48. The van der Waals surface area contributed by atoms with E-state index in [2.05, 4.69) is 4.99 Å². The number of esters is 1. The number of aliphatic imine (C=N–C) groups is 1. The first-order valence-corrected chi connectivity index (χ1v) is 8.43. The number of benzene rings is 1. The summed E-state index contributed by atoms with van der Waals surface area (Å²) in [6, 6.07) is 3.12. The number of carbonyl (C=O) groups is 2. The van der Waals surface area contributed by atoms with Crippen LogP contribution >= 0.6 is 11.8 Å². The van der Waals surface area contributed by atoms with Crippen LogP contribution in [0.3, 0.4) is 0 Å². The number of ether oxygens (including phenoxy) is 1. The van der Waals surface area contributed by atoms with Gasteiger partial charge in [-0.3, -0.25) is 15.2 Å². The molecule has 0 amide bonds. The van der Waals surface area contributed by atoms with E-state index in [1.54, 1.807) is 13.8 Å². The smallest absolute Gasteiger partial charge is 0.333 e. The number of carbonyl (C=O) groups excluding carboxylic acids is 1. The van der Waals surface area contributed by atoms with Crippen LogP contribution in [0.4, 0.5) is 0 Å². The van der Waals surface area contributed by atoms with Crippen molar-refractivity contribution in [3.05, 3.63) is 29.3 Å². The maximum Gasteiger partial charge on any atom is 0.333 e. The Morgan fingerprint density at radius 1 is 1.44 bits per heavy atom. The Labute approximate surface area is 149 Å². The number of nitrogens with one attached hydrogen (secondary N) is 1. The van der Waals surface area contributed by atoms with Gasteiger partial charge in [-0.25, -0.2) is 4.79 Å². The van der Waals surface area contributed by atoms with Gasteiger partial charge in [0.25, 0.3) is 0 Å². The minimum Gasteiger partial charge on any atom is -0.508 e. The van der Waals surface area contributed by atoms with E-state index in [0.29, 0.717) is 16.8 Å². The van der Waals surface area contributed by atoms with Gasteiger partial charge >= 0.3 is 11.9 Å². The van der Waals surface area contributed by atoms with Crippen LogP contribution in [-0.4, -0.2) is 39.6 Å². The van der Waals surface area contributed by atoms with E-state index in [9.17, 15) is 19.8 Å². The first-order valence-electron chi connectivity index (χ1n) is 7.44. The largest absolute Gasteiger partial charge is 0.508 e. The Bertz CT molecular complexity index is 690. The number of phenols is 1. The average Bonchev–Trinajstić information content (AvgIpc) is 2.51. The molecule has 1 unspecified atom stereocenters. The summed E-state index contributed by atoms with van der Waals surface area (Å²) in [5.41, 5.74) is 6.41. The van der Waals surface area contributed by atoms with Gasteiger partial charge in [0.2, 0.25) is 0 Å². The number of nitrogens with zero attached hydrogens (tertiary/aromatic N) is 1. The molecule has 0 fully saturated rings. The van der Waals surface area contributed by atoms with Crippen molar-refractivity contribution >= 4 is 34.6 Å². The summed E-state index contributed by atoms with van der Waals surface area (Å²) in [5, 5.41) is 26.4. The number of nitrogens with two attached hydrogens (primary N) is 1. The molecule has 0 radical (unpaired) electrons. The fourth-order valence-corrected chi connectivity index (χ4v) is 2.55. The van der Waals surface area contributed by atoms with E-state index in [1.807, 2.05) is 0 Å². The van der Waals surface area contributed by atoms with Gasteiger partial charge in [-0.2, -0.15) is 0 Å². The molecule has 0 aliphatic rings. The molecule has 0 aliphatic carbocycles. The second-order valence-corrected chi connectivity index (χ2v) is 6.15. The van der Waals surface area contributed by atoms with Crippen LogP contribution < -0.4 is 5.73 Å². The van der Waals surface area contributed by atoms with E-state index in [-0.39, 0.29) is 29.7 Å². The first kappa shape index (κ1) is 20.5. The van der Waals surface area contributed by atoms with Crippen molar-refractivity contribution in [2.75, 3.05) is 6.61 Å². The van der Waals surface area contributed by atoms with Crippen LogP contribution in [0.15, 0.2) is 23.2 Å². The number of hydrogen-bond donors (Lipinski definition) is 4. The maximum absolute atomic E-state index is 11.6. The highest BCUT2D eigenvalue weighted by atomic mass is 32.2. The molecule has 0 spiro atoms. The Kier molecular flexibility index (Phi) is 7.93. The van der Waals surface area contributed by atoms with Crippen LogP contribution in [0, 0.1) is 5.41 Å². The fourth-order valence-electron chi connectivity index (χ4n) is 2.01. The summed E-state index contributed by atoms with van der Waals surface area (Å²) < 4.78 is 4.81. The molecule has 25 heavy (non-hydrogen) atoms. The van der Waals surface area contributed by atoms with E-state index in [0.717, 1.165) is 11.8 Å². The van der Waals surface area contributed by atoms with Gasteiger partial charge in [0, 0.05) is 17.0 Å². The van der Waals surface area contributed by atoms with E-state index < -0.39 is 18.0 Å². The lowest BCUT2D eigenvalue weighted by Crippen LogP contribution is -2.14. The van der Waals surface area contributed by atoms with Crippen molar-refractivity contribution in [1.29, 1.82) is 5.41 Å². The summed E-state index contributed by atoms with van der Waals surface area (Å²) in [4.78, 5) is 27.1. The second-order valence-electron chi connectivity index (χ2n) is 5.13. The van der Waals surface area contributed by atoms with Gasteiger partial charge in [-0.05, 0) is 31.5 Å². The van der Waals surface area contributed by atoms with Crippen LogP contribution in [0.2, 0.25) is 0 Å². The normalized spacial score (nSPS) is 12.5. The monoisotopic (exact) mass is 367 g/mol. The molecule has 8 nitrogen and oxygen atoms in total. The van der Waals surface area contributed by atoms with Gasteiger partial charge in [0.05, 0.1) is 13.0 Å².